The molecule has 6 heteroatoms. The van der Waals surface area contributed by atoms with Crippen LogP contribution in [0.3, 0.4) is 0 Å². The lowest BCUT2D eigenvalue weighted by atomic mass is 10.1. The maximum Gasteiger partial charge on any atom is 0.226 e. The molecular formula is C21H22N4O2. The van der Waals surface area contributed by atoms with Gasteiger partial charge >= 0.3 is 0 Å². The summed E-state index contributed by atoms with van der Waals surface area (Å²) in [6, 6.07) is 18.0. The molecule has 0 saturated carbocycles. The van der Waals surface area contributed by atoms with Gasteiger partial charge in [0.2, 0.25) is 5.89 Å². The zero-order chi connectivity index (χ0) is 18.5. The maximum atomic E-state index is 5.94. The first-order chi connectivity index (χ1) is 13.3. The molecule has 1 atom stereocenters. The van der Waals surface area contributed by atoms with Gasteiger partial charge in [0.1, 0.15) is 18.1 Å². The highest BCUT2D eigenvalue weighted by Crippen LogP contribution is 2.27. The van der Waals surface area contributed by atoms with Crippen LogP contribution in [0.4, 0.5) is 0 Å². The second-order valence-corrected chi connectivity index (χ2v) is 6.37. The summed E-state index contributed by atoms with van der Waals surface area (Å²) < 4.78 is 11.5. The molecule has 0 fully saturated rings. The van der Waals surface area contributed by atoms with Crippen molar-refractivity contribution >= 4 is 5.96 Å². The third kappa shape index (κ3) is 4.11. The van der Waals surface area contributed by atoms with Crippen LogP contribution in [0.15, 0.2) is 70.3 Å². The number of ether oxygens (including phenoxy) is 1. The Bertz CT molecular complexity index is 896. The number of aliphatic imine (C=N–C) groups is 1. The van der Waals surface area contributed by atoms with Crippen LogP contribution in [0.25, 0.3) is 11.5 Å². The van der Waals surface area contributed by atoms with E-state index in [1.807, 2.05) is 48.5 Å². The minimum Gasteiger partial charge on any atom is -0.488 e. The average Bonchev–Trinajstić information content (AvgIpc) is 3.35. The molecule has 0 saturated heterocycles. The first kappa shape index (κ1) is 17.1. The molecule has 27 heavy (non-hydrogen) atoms. The number of hydrogen-bond donors (Lipinski definition) is 2. The number of para-hydroxylation sites is 1. The Hall–Kier alpha value is -3.28. The van der Waals surface area contributed by atoms with Crippen molar-refractivity contribution in [3.05, 3.63) is 72.1 Å². The number of fused-ring (bicyclic) bond motifs is 1. The van der Waals surface area contributed by atoms with Gasteiger partial charge < -0.3 is 19.8 Å². The third-order valence-electron chi connectivity index (χ3n) is 4.44. The zero-order valence-corrected chi connectivity index (χ0v) is 15.2. The van der Waals surface area contributed by atoms with E-state index in [0.29, 0.717) is 24.9 Å². The highest BCUT2D eigenvalue weighted by atomic mass is 16.5. The molecule has 0 amide bonds. The van der Waals surface area contributed by atoms with E-state index in [9.17, 15) is 0 Å². The molecule has 3 aromatic rings. The van der Waals surface area contributed by atoms with Gasteiger partial charge in [-0.1, -0.05) is 36.4 Å². The highest BCUT2D eigenvalue weighted by Gasteiger charge is 2.22. The van der Waals surface area contributed by atoms with Gasteiger partial charge in [-0.3, -0.25) is 4.99 Å². The van der Waals surface area contributed by atoms with Crippen LogP contribution >= 0.6 is 0 Å². The quantitative estimate of drug-likeness (QED) is 0.539. The molecule has 1 aromatic heterocycles. The fraction of sp³-hybridized carbons (Fsp3) is 0.238. The maximum absolute atomic E-state index is 5.94. The van der Waals surface area contributed by atoms with Crippen molar-refractivity contribution in [3.63, 3.8) is 0 Å². The third-order valence-corrected chi connectivity index (χ3v) is 4.44. The van der Waals surface area contributed by atoms with Crippen LogP contribution in [-0.2, 0) is 13.0 Å². The lowest BCUT2D eigenvalue weighted by Crippen LogP contribution is -2.42. The van der Waals surface area contributed by atoms with Gasteiger partial charge in [0.25, 0.3) is 0 Å². The summed E-state index contributed by atoms with van der Waals surface area (Å²) in [4.78, 5) is 8.77. The van der Waals surface area contributed by atoms with Crippen LogP contribution in [0.1, 0.15) is 11.3 Å². The number of nitrogens with zero attached hydrogens (tertiary/aromatic N) is 2. The zero-order valence-electron chi connectivity index (χ0n) is 15.2. The first-order valence-corrected chi connectivity index (χ1v) is 9.01. The second-order valence-electron chi connectivity index (χ2n) is 6.37. The van der Waals surface area contributed by atoms with E-state index in [1.165, 1.54) is 5.56 Å². The van der Waals surface area contributed by atoms with Gasteiger partial charge in [0, 0.05) is 19.0 Å². The molecular weight excluding hydrogens is 340 g/mol. The highest BCUT2D eigenvalue weighted by molar-refractivity contribution is 5.79. The summed E-state index contributed by atoms with van der Waals surface area (Å²) in [5.74, 6) is 2.30. The number of benzene rings is 2. The van der Waals surface area contributed by atoms with Crippen LogP contribution in [0.2, 0.25) is 0 Å². The summed E-state index contributed by atoms with van der Waals surface area (Å²) in [5.41, 5.74) is 3.04. The molecule has 6 nitrogen and oxygen atoms in total. The average molecular weight is 362 g/mol. The minimum absolute atomic E-state index is 0.109. The first-order valence-electron chi connectivity index (χ1n) is 9.01. The van der Waals surface area contributed by atoms with Crippen molar-refractivity contribution in [3.8, 4) is 17.2 Å². The molecule has 1 aliphatic rings. The smallest absolute Gasteiger partial charge is 0.226 e. The van der Waals surface area contributed by atoms with Crippen molar-refractivity contribution in [1.82, 2.24) is 15.6 Å². The predicted molar refractivity (Wildman–Crippen MR) is 105 cm³/mol. The van der Waals surface area contributed by atoms with E-state index in [0.717, 1.165) is 23.4 Å². The lowest BCUT2D eigenvalue weighted by Gasteiger charge is -2.15. The van der Waals surface area contributed by atoms with Gasteiger partial charge in [0.15, 0.2) is 5.96 Å². The van der Waals surface area contributed by atoms with E-state index >= 15 is 0 Å². The Kier molecular flexibility index (Phi) is 5.05. The Morgan fingerprint density at radius 1 is 1.11 bits per heavy atom. The van der Waals surface area contributed by atoms with Crippen molar-refractivity contribution in [1.29, 1.82) is 0 Å². The monoisotopic (exact) mass is 362 g/mol. The topological polar surface area (TPSA) is 71.7 Å². The Morgan fingerprint density at radius 2 is 1.93 bits per heavy atom. The summed E-state index contributed by atoms with van der Waals surface area (Å²) in [6.45, 7) is 1.21. The van der Waals surface area contributed by atoms with Gasteiger partial charge in [0.05, 0.1) is 18.8 Å². The van der Waals surface area contributed by atoms with Gasteiger partial charge in [-0.25, -0.2) is 4.98 Å². The molecule has 0 spiro atoms. The summed E-state index contributed by atoms with van der Waals surface area (Å²) in [6.07, 6.45) is 2.68. The number of oxazole rings is 1. The SMILES string of the molecule is CN=C(NCc1coc(-c2ccccc2)n1)NCC1Cc2ccccc2O1. The van der Waals surface area contributed by atoms with Crippen LogP contribution < -0.4 is 15.4 Å². The summed E-state index contributed by atoms with van der Waals surface area (Å²) >= 11 is 0. The van der Waals surface area contributed by atoms with E-state index in [1.54, 1.807) is 13.3 Å². The molecule has 2 heterocycles. The van der Waals surface area contributed by atoms with Crippen molar-refractivity contribution in [2.45, 2.75) is 19.1 Å². The number of aromatic nitrogens is 1. The molecule has 138 valence electrons. The molecule has 1 aliphatic heterocycles. The van der Waals surface area contributed by atoms with Crippen LogP contribution in [0, 0.1) is 0 Å². The van der Waals surface area contributed by atoms with Gasteiger partial charge in [-0.05, 0) is 23.8 Å². The Balaban J connectivity index is 1.27. The minimum atomic E-state index is 0.109. The van der Waals surface area contributed by atoms with Gasteiger partial charge in [-0.15, -0.1) is 0 Å². The summed E-state index contributed by atoms with van der Waals surface area (Å²) in [5, 5.41) is 6.57. The molecule has 2 aromatic carbocycles. The fourth-order valence-corrected chi connectivity index (χ4v) is 3.07. The standard InChI is InChI=1S/C21H22N4O2/c1-22-21(24-13-18-11-16-9-5-6-10-19(16)27-18)23-12-17-14-26-20(25-17)15-7-3-2-4-8-15/h2-10,14,18H,11-13H2,1H3,(H2,22,23,24). The van der Waals surface area contributed by atoms with E-state index in [2.05, 4.69) is 26.7 Å². The van der Waals surface area contributed by atoms with Crippen LogP contribution in [-0.4, -0.2) is 30.6 Å². The molecule has 4 rings (SSSR count). The Labute approximate surface area is 158 Å². The van der Waals surface area contributed by atoms with E-state index in [4.69, 9.17) is 9.15 Å². The summed E-state index contributed by atoms with van der Waals surface area (Å²) in [7, 11) is 1.75. The van der Waals surface area contributed by atoms with Crippen molar-refractivity contribution in [2.75, 3.05) is 13.6 Å². The predicted octanol–water partition coefficient (Wildman–Crippen LogP) is 3.01. The number of guanidine groups is 1. The number of nitrogens with one attached hydrogen (secondary N) is 2. The normalized spacial score (nSPS) is 15.9. The van der Waals surface area contributed by atoms with E-state index < -0.39 is 0 Å². The lowest BCUT2D eigenvalue weighted by molar-refractivity contribution is 0.235. The van der Waals surface area contributed by atoms with Crippen molar-refractivity contribution in [2.24, 2.45) is 4.99 Å². The molecule has 1 unspecified atom stereocenters. The molecule has 0 aliphatic carbocycles. The van der Waals surface area contributed by atoms with E-state index in [-0.39, 0.29) is 6.10 Å². The largest absolute Gasteiger partial charge is 0.488 e. The number of rotatable bonds is 5. The Morgan fingerprint density at radius 3 is 2.74 bits per heavy atom. The second kappa shape index (κ2) is 7.95. The van der Waals surface area contributed by atoms with Crippen LogP contribution in [0.5, 0.6) is 5.75 Å². The number of hydrogen-bond acceptors (Lipinski definition) is 4. The van der Waals surface area contributed by atoms with Crippen molar-refractivity contribution < 1.29 is 9.15 Å². The fourth-order valence-electron chi connectivity index (χ4n) is 3.07. The molecule has 2 N–H and O–H groups in total. The molecule has 0 bridgehead atoms. The van der Waals surface area contributed by atoms with Gasteiger partial charge in [-0.2, -0.15) is 0 Å². The molecule has 0 radical (unpaired) electrons.